The highest BCUT2D eigenvalue weighted by Gasteiger charge is 2.33. The number of aromatic nitrogens is 1. The van der Waals surface area contributed by atoms with Crippen molar-refractivity contribution in [3.63, 3.8) is 0 Å². The minimum Gasteiger partial charge on any atom is -0.349 e. The van der Waals surface area contributed by atoms with E-state index in [0.29, 0.717) is 10.7 Å². The van der Waals surface area contributed by atoms with E-state index in [0.717, 1.165) is 11.1 Å². The summed E-state index contributed by atoms with van der Waals surface area (Å²) in [6.07, 6.45) is 1.56. The minimum atomic E-state index is -0.843. The standard InChI is InChI=1S/C27H32N4O3S/c1-19-10-12-21(13-11-19)24(25(34)30-27(2,3)4)31(18-20-8-6-5-7-9-20)23(33)15-14-22(32)29-26-28-16-17-35-26/h5-13,16-17,24H,14-15,18H2,1-4H3,(H,30,34)(H,28,29,32)/t24-/m0/s1. The van der Waals surface area contributed by atoms with Crippen LogP contribution in [0, 0.1) is 6.92 Å². The molecule has 3 aromatic rings. The Kier molecular flexibility index (Phi) is 8.76. The van der Waals surface area contributed by atoms with Gasteiger partial charge in [-0.2, -0.15) is 0 Å². The molecule has 1 heterocycles. The van der Waals surface area contributed by atoms with Crippen molar-refractivity contribution in [2.45, 2.75) is 58.7 Å². The normalized spacial score (nSPS) is 12.0. The largest absolute Gasteiger partial charge is 0.349 e. The van der Waals surface area contributed by atoms with E-state index in [9.17, 15) is 14.4 Å². The van der Waals surface area contributed by atoms with Crippen LogP contribution in [-0.4, -0.2) is 33.1 Å². The highest BCUT2D eigenvalue weighted by atomic mass is 32.1. The smallest absolute Gasteiger partial charge is 0.247 e. The van der Waals surface area contributed by atoms with Crippen molar-refractivity contribution in [2.24, 2.45) is 0 Å². The molecule has 0 spiro atoms. The first-order chi connectivity index (χ1) is 16.6. The average molecular weight is 493 g/mol. The maximum Gasteiger partial charge on any atom is 0.247 e. The molecule has 1 atom stereocenters. The molecule has 2 N–H and O–H groups in total. The molecule has 2 aromatic carbocycles. The summed E-state index contributed by atoms with van der Waals surface area (Å²) in [5.74, 6) is -0.838. The number of hydrogen-bond acceptors (Lipinski definition) is 5. The fourth-order valence-electron chi connectivity index (χ4n) is 3.59. The Morgan fingerprint density at radius 2 is 1.69 bits per heavy atom. The van der Waals surface area contributed by atoms with Gasteiger partial charge < -0.3 is 15.5 Å². The topological polar surface area (TPSA) is 91.4 Å². The Labute approximate surface area is 210 Å². The fraction of sp³-hybridized carbons (Fsp3) is 0.333. The van der Waals surface area contributed by atoms with Gasteiger partial charge in [0.1, 0.15) is 6.04 Å². The molecule has 0 unspecified atom stereocenters. The van der Waals surface area contributed by atoms with Gasteiger partial charge in [-0.1, -0.05) is 60.2 Å². The van der Waals surface area contributed by atoms with Crippen molar-refractivity contribution >= 4 is 34.2 Å². The fourth-order valence-corrected chi connectivity index (χ4v) is 4.14. The second kappa shape index (κ2) is 11.8. The third-order valence-electron chi connectivity index (χ3n) is 5.21. The monoisotopic (exact) mass is 492 g/mol. The van der Waals surface area contributed by atoms with Crippen LogP contribution in [0.3, 0.4) is 0 Å². The lowest BCUT2D eigenvalue weighted by Gasteiger charge is -2.34. The zero-order chi connectivity index (χ0) is 25.4. The Bertz CT molecular complexity index is 1120. The lowest BCUT2D eigenvalue weighted by molar-refractivity contribution is -0.142. The molecule has 3 rings (SSSR count). The van der Waals surface area contributed by atoms with Crippen LogP contribution in [-0.2, 0) is 20.9 Å². The lowest BCUT2D eigenvalue weighted by Crippen LogP contribution is -2.49. The Hall–Kier alpha value is -3.52. The van der Waals surface area contributed by atoms with Crippen LogP contribution in [0.5, 0.6) is 0 Å². The molecule has 0 aliphatic carbocycles. The maximum atomic E-state index is 13.6. The summed E-state index contributed by atoms with van der Waals surface area (Å²) in [6, 6.07) is 16.3. The highest BCUT2D eigenvalue weighted by Crippen LogP contribution is 2.26. The number of benzene rings is 2. The van der Waals surface area contributed by atoms with E-state index >= 15 is 0 Å². The van der Waals surface area contributed by atoms with Crippen molar-refractivity contribution in [1.29, 1.82) is 0 Å². The van der Waals surface area contributed by atoms with Crippen molar-refractivity contribution in [2.75, 3.05) is 5.32 Å². The SMILES string of the molecule is Cc1ccc([C@@H](C(=O)NC(C)(C)C)N(Cc2ccccc2)C(=O)CCC(=O)Nc2nccs2)cc1. The molecule has 0 aliphatic rings. The average Bonchev–Trinajstić information content (AvgIpc) is 3.31. The molecule has 0 saturated carbocycles. The Morgan fingerprint density at radius 3 is 2.29 bits per heavy atom. The van der Waals surface area contributed by atoms with Gasteiger partial charge >= 0.3 is 0 Å². The molecule has 0 fully saturated rings. The van der Waals surface area contributed by atoms with E-state index in [-0.39, 0.29) is 37.1 Å². The summed E-state index contributed by atoms with van der Waals surface area (Å²) in [5, 5.41) is 7.99. The number of anilines is 1. The summed E-state index contributed by atoms with van der Waals surface area (Å²) in [4.78, 5) is 45.1. The predicted molar refractivity (Wildman–Crippen MR) is 139 cm³/mol. The van der Waals surface area contributed by atoms with Crippen LogP contribution in [0.25, 0.3) is 0 Å². The molecule has 7 nitrogen and oxygen atoms in total. The van der Waals surface area contributed by atoms with E-state index in [2.05, 4.69) is 15.6 Å². The molecule has 0 saturated heterocycles. The van der Waals surface area contributed by atoms with Gasteiger partial charge in [0.25, 0.3) is 0 Å². The van der Waals surface area contributed by atoms with Crippen LogP contribution in [0.15, 0.2) is 66.2 Å². The minimum absolute atomic E-state index is 0.00872. The van der Waals surface area contributed by atoms with Gasteiger partial charge in [-0.05, 0) is 38.8 Å². The first-order valence-electron chi connectivity index (χ1n) is 11.5. The van der Waals surface area contributed by atoms with Gasteiger partial charge in [0.05, 0.1) is 0 Å². The van der Waals surface area contributed by atoms with Gasteiger partial charge in [0.2, 0.25) is 17.7 Å². The quantitative estimate of drug-likeness (QED) is 0.446. The molecular weight excluding hydrogens is 460 g/mol. The summed E-state index contributed by atoms with van der Waals surface area (Å²) in [5.41, 5.74) is 2.20. The number of rotatable bonds is 9. The molecule has 0 radical (unpaired) electrons. The third-order valence-corrected chi connectivity index (χ3v) is 5.90. The summed E-state index contributed by atoms with van der Waals surface area (Å²) >= 11 is 1.31. The van der Waals surface area contributed by atoms with Crippen LogP contribution in [0.4, 0.5) is 5.13 Å². The van der Waals surface area contributed by atoms with Crippen molar-refractivity contribution in [3.8, 4) is 0 Å². The zero-order valence-corrected chi connectivity index (χ0v) is 21.4. The van der Waals surface area contributed by atoms with E-state index < -0.39 is 11.6 Å². The van der Waals surface area contributed by atoms with Gasteiger partial charge in [0, 0.05) is 36.5 Å². The molecule has 35 heavy (non-hydrogen) atoms. The number of thiazole rings is 1. The van der Waals surface area contributed by atoms with E-state index in [4.69, 9.17) is 0 Å². The second-order valence-corrected chi connectivity index (χ2v) is 10.3. The van der Waals surface area contributed by atoms with E-state index in [1.807, 2.05) is 82.3 Å². The van der Waals surface area contributed by atoms with Crippen LogP contribution in [0.2, 0.25) is 0 Å². The summed E-state index contributed by atoms with van der Waals surface area (Å²) in [6.45, 7) is 7.93. The molecular formula is C27H32N4O3S. The number of nitrogens with zero attached hydrogens (tertiary/aromatic N) is 2. The summed E-state index contributed by atoms with van der Waals surface area (Å²) in [7, 11) is 0. The predicted octanol–water partition coefficient (Wildman–Crippen LogP) is 4.86. The Balaban J connectivity index is 1.89. The number of carbonyl (C=O) groups is 3. The Morgan fingerprint density at radius 1 is 1.00 bits per heavy atom. The van der Waals surface area contributed by atoms with Crippen molar-refractivity contribution in [3.05, 3.63) is 82.9 Å². The van der Waals surface area contributed by atoms with E-state index in [1.54, 1.807) is 16.5 Å². The van der Waals surface area contributed by atoms with Gasteiger partial charge in [-0.15, -0.1) is 11.3 Å². The molecule has 184 valence electrons. The molecule has 1 aromatic heterocycles. The van der Waals surface area contributed by atoms with Crippen LogP contribution >= 0.6 is 11.3 Å². The number of nitrogens with one attached hydrogen (secondary N) is 2. The second-order valence-electron chi connectivity index (χ2n) is 9.45. The maximum absolute atomic E-state index is 13.6. The first-order valence-corrected chi connectivity index (χ1v) is 12.4. The molecule has 0 bridgehead atoms. The number of carbonyl (C=O) groups excluding carboxylic acids is 3. The molecule has 3 amide bonds. The van der Waals surface area contributed by atoms with Gasteiger partial charge in [-0.3, -0.25) is 14.4 Å². The zero-order valence-electron chi connectivity index (χ0n) is 20.6. The molecule has 0 aliphatic heterocycles. The highest BCUT2D eigenvalue weighted by molar-refractivity contribution is 7.13. The number of hydrogen-bond donors (Lipinski definition) is 2. The van der Waals surface area contributed by atoms with Crippen LogP contribution in [0.1, 0.15) is 56.3 Å². The van der Waals surface area contributed by atoms with Crippen molar-refractivity contribution < 1.29 is 14.4 Å². The first kappa shape index (κ1) is 26.1. The van der Waals surface area contributed by atoms with Crippen molar-refractivity contribution in [1.82, 2.24) is 15.2 Å². The van der Waals surface area contributed by atoms with Crippen LogP contribution < -0.4 is 10.6 Å². The molecule has 8 heteroatoms. The third kappa shape index (κ3) is 8.03. The number of amides is 3. The van der Waals surface area contributed by atoms with Gasteiger partial charge in [0.15, 0.2) is 5.13 Å². The van der Waals surface area contributed by atoms with E-state index in [1.165, 1.54) is 11.3 Å². The lowest BCUT2D eigenvalue weighted by atomic mass is 9.99. The summed E-state index contributed by atoms with van der Waals surface area (Å²) < 4.78 is 0. The number of aryl methyl sites for hydroxylation is 1. The van der Waals surface area contributed by atoms with Gasteiger partial charge in [-0.25, -0.2) is 4.98 Å².